The number of halogens is 6. The molecule has 0 aliphatic carbocycles. The fourth-order valence-electron chi connectivity index (χ4n) is 3.12. The lowest BCUT2D eigenvalue weighted by Crippen LogP contribution is -2.19. The average Bonchev–Trinajstić information content (AvgIpc) is 2.88. The van der Waals surface area contributed by atoms with E-state index in [1.165, 1.54) is 36.4 Å². The van der Waals surface area contributed by atoms with Crippen LogP contribution < -0.4 is 14.8 Å². The monoisotopic (exact) mass is 617 g/mol. The third-order valence-electron chi connectivity index (χ3n) is 4.91. The number of amides is 1. The van der Waals surface area contributed by atoms with Gasteiger partial charge in [0.25, 0.3) is 15.9 Å². The van der Waals surface area contributed by atoms with Gasteiger partial charge in [0.1, 0.15) is 21.5 Å². The second-order valence-corrected chi connectivity index (χ2v) is 10.7. The van der Waals surface area contributed by atoms with Crippen molar-refractivity contribution < 1.29 is 26.7 Å². The largest absolute Gasteiger partial charge is 0.456 e. The standard InChI is InChI=1S/C24H13Cl4F2N3O4S/c25-12-5-10-17(15(11-12)24(34)31-21-19(27)22(29)32-23(30)20(21)28)33-38(35,36)14-8-6-13(7-9-14)37-18-4-2-1-3-16(18)26/h1-11,33H,(H,31,32,34). The van der Waals surface area contributed by atoms with Crippen LogP contribution in [0.5, 0.6) is 11.5 Å². The Morgan fingerprint density at radius 3 is 2.13 bits per heavy atom. The highest BCUT2D eigenvalue weighted by atomic mass is 35.5. The van der Waals surface area contributed by atoms with Gasteiger partial charge in [-0.25, -0.2) is 8.42 Å². The van der Waals surface area contributed by atoms with E-state index in [0.29, 0.717) is 16.5 Å². The van der Waals surface area contributed by atoms with Gasteiger partial charge in [0.15, 0.2) is 0 Å². The second kappa shape index (κ2) is 11.3. The molecule has 4 rings (SSSR count). The molecule has 0 saturated carbocycles. The highest BCUT2D eigenvalue weighted by molar-refractivity contribution is 7.92. The van der Waals surface area contributed by atoms with E-state index in [2.05, 4.69) is 15.0 Å². The summed E-state index contributed by atoms with van der Waals surface area (Å²) in [6, 6.07) is 15.9. The second-order valence-electron chi connectivity index (χ2n) is 7.45. The SMILES string of the molecule is O=C(Nc1c(Cl)c(F)nc(F)c1Cl)c1cc(Cl)ccc1NS(=O)(=O)c1ccc(Oc2ccccc2Cl)cc1. The van der Waals surface area contributed by atoms with Crippen molar-refractivity contribution >= 4 is 73.7 Å². The molecule has 14 heteroatoms. The molecule has 0 fully saturated rings. The number of anilines is 2. The summed E-state index contributed by atoms with van der Waals surface area (Å²) in [7, 11) is -4.22. The molecule has 38 heavy (non-hydrogen) atoms. The van der Waals surface area contributed by atoms with Gasteiger partial charge in [-0.15, -0.1) is 0 Å². The van der Waals surface area contributed by atoms with Crippen molar-refractivity contribution in [2.75, 3.05) is 10.0 Å². The molecule has 0 atom stereocenters. The van der Waals surface area contributed by atoms with Crippen molar-refractivity contribution in [1.29, 1.82) is 0 Å². The molecule has 0 spiro atoms. The normalized spacial score (nSPS) is 11.2. The summed E-state index contributed by atoms with van der Waals surface area (Å²) in [6.45, 7) is 0. The Balaban J connectivity index is 1.59. The fourth-order valence-corrected chi connectivity index (χ4v) is 4.96. The Morgan fingerprint density at radius 2 is 1.50 bits per heavy atom. The summed E-state index contributed by atoms with van der Waals surface area (Å²) in [5.74, 6) is -3.11. The predicted molar refractivity (Wildman–Crippen MR) is 142 cm³/mol. The van der Waals surface area contributed by atoms with Crippen LogP contribution in [-0.4, -0.2) is 19.3 Å². The first-order valence-corrected chi connectivity index (χ1v) is 13.3. The fraction of sp³-hybridized carbons (Fsp3) is 0. The molecule has 0 aliphatic rings. The van der Waals surface area contributed by atoms with Crippen LogP contribution >= 0.6 is 46.4 Å². The lowest BCUT2D eigenvalue weighted by molar-refractivity contribution is 0.102. The molecule has 0 aliphatic heterocycles. The van der Waals surface area contributed by atoms with Crippen molar-refractivity contribution in [3.63, 3.8) is 0 Å². The lowest BCUT2D eigenvalue weighted by atomic mass is 10.1. The van der Waals surface area contributed by atoms with Gasteiger partial charge in [-0.05, 0) is 54.6 Å². The summed E-state index contributed by atoms with van der Waals surface area (Å²) >= 11 is 23.6. The Labute approximate surface area is 235 Å². The van der Waals surface area contributed by atoms with Crippen molar-refractivity contribution in [2.24, 2.45) is 0 Å². The number of nitrogens with one attached hydrogen (secondary N) is 2. The number of hydrogen-bond donors (Lipinski definition) is 2. The average molecular weight is 619 g/mol. The maximum atomic E-state index is 13.8. The van der Waals surface area contributed by atoms with Crippen LogP contribution in [0, 0.1) is 11.9 Å². The van der Waals surface area contributed by atoms with E-state index in [9.17, 15) is 22.0 Å². The summed E-state index contributed by atoms with van der Waals surface area (Å²) in [5.41, 5.74) is -1.07. The number of para-hydroxylation sites is 1. The van der Waals surface area contributed by atoms with Crippen LogP contribution in [0.2, 0.25) is 20.1 Å². The van der Waals surface area contributed by atoms with Gasteiger partial charge in [0.05, 0.1) is 26.9 Å². The van der Waals surface area contributed by atoms with E-state index < -0.39 is 43.6 Å². The first-order valence-electron chi connectivity index (χ1n) is 10.3. The summed E-state index contributed by atoms with van der Waals surface area (Å²) in [4.78, 5) is 15.7. The van der Waals surface area contributed by atoms with Gasteiger partial charge in [-0.1, -0.05) is 58.5 Å². The number of rotatable bonds is 7. The highest BCUT2D eigenvalue weighted by Gasteiger charge is 2.23. The number of hydrogen-bond acceptors (Lipinski definition) is 5. The van der Waals surface area contributed by atoms with Crippen molar-refractivity contribution in [3.8, 4) is 11.5 Å². The Bertz CT molecular complexity index is 1630. The molecule has 196 valence electrons. The molecule has 3 aromatic carbocycles. The third-order valence-corrected chi connectivity index (χ3v) is 7.52. The summed E-state index contributed by atoms with van der Waals surface area (Å²) in [6.07, 6.45) is 0. The van der Waals surface area contributed by atoms with Crippen LogP contribution in [0.3, 0.4) is 0 Å². The molecular weight excluding hydrogens is 606 g/mol. The smallest absolute Gasteiger partial charge is 0.261 e. The minimum Gasteiger partial charge on any atom is -0.456 e. The topological polar surface area (TPSA) is 97.4 Å². The zero-order chi connectivity index (χ0) is 27.6. The van der Waals surface area contributed by atoms with Crippen LogP contribution in [-0.2, 0) is 10.0 Å². The molecule has 1 aromatic heterocycles. The molecule has 1 heterocycles. The van der Waals surface area contributed by atoms with E-state index >= 15 is 0 Å². The molecule has 0 bridgehead atoms. The van der Waals surface area contributed by atoms with Crippen molar-refractivity contribution in [2.45, 2.75) is 4.90 Å². The van der Waals surface area contributed by atoms with Crippen molar-refractivity contribution in [1.82, 2.24) is 4.98 Å². The van der Waals surface area contributed by atoms with Gasteiger partial charge in [-0.2, -0.15) is 13.8 Å². The minimum absolute atomic E-state index is 0.0726. The molecule has 1 amide bonds. The number of carbonyl (C=O) groups is 1. The number of benzene rings is 3. The van der Waals surface area contributed by atoms with Gasteiger partial charge >= 0.3 is 0 Å². The van der Waals surface area contributed by atoms with Crippen LogP contribution in [0.1, 0.15) is 10.4 Å². The first-order chi connectivity index (χ1) is 18.0. The maximum Gasteiger partial charge on any atom is 0.261 e. The van der Waals surface area contributed by atoms with Gasteiger partial charge in [0, 0.05) is 5.02 Å². The van der Waals surface area contributed by atoms with E-state index in [4.69, 9.17) is 51.1 Å². The summed E-state index contributed by atoms with van der Waals surface area (Å²) < 4.78 is 61.6. The number of carbonyl (C=O) groups excluding carboxylic acids is 1. The highest BCUT2D eigenvalue weighted by Crippen LogP contribution is 2.35. The first kappa shape index (κ1) is 27.9. The van der Waals surface area contributed by atoms with Gasteiger partial charge < -0.3 is 10.1 Å². The molecule has 2 N–H and O–H groups in total. The van der Waals surface area contributed by atoms with E-state index in [0.717, 1.165) is 6.07 Å². The zero-order valence-electron chi connectivity index (χ0n) is 18.6. The number of aromatic nitrogens is 1. The molecule has 7 nitrogen and oxygen atoms in total. The zero-order valence-corrected chi connectivity index (χ0v) is 22.4. The van der Waals surface area contributed by atoms with Crippen LogP contribution in [0.25, 0.3) is 0 Å². The van der Waals surface area contributed by atoms with Gasteiger partial charge in [0.2, 0.25) is 11.9 Å². The third kappa shape index (κ3) is 6.11. The predicted octanol–water partition coefficient (Wildman–Crippen LogP) is 7.82. The Morgan fingerprint density at radius 1 is 0.868 bits per heavy atom. The van der Waals surface area contributed by atoms with Crippen molar-refractivity contribution in [3.05, 3.63) is 104 Å². The van der Waals surface area contributed by atoms with Crippen LogP contribution in [0.15, 0.2) is 71.6 Å². The molecule has 0 radical (unpaired) electrons. The van der Waals surface area contributed by atoms with E-state index in [1.54, 1.807) is 24.3 Å². The summed E-state index contributed by atoms with van der Waals surface area (Å²) in [5, 5.41) is 1.12. The lowest BCUT2D eigenvalue weighted by Gasteiger charge is -2.15. The number of pyridine rings is 1. The van der Waals surface area contributed by atoms with Gasteiger partial charge in [-0.3, -0.25) is 9.52 Å². The molecule has 4 aromatic rings. The number of nitrogens with zero attached hydrogens (tertiary/aromatic N) is 1. The molecule has 0 saturated heterocycles. The number of sulfonamides is 1. The minimum atomic E-state index is -4.22. The Kier molecular flexibility index (Phi) is 8.29. The molecular formula is C24H13Cl4F2N3O4S. The Hall–Kier alpha value is -3.15. The molecule has 0 unspecified atom stereocenters. The quantitative estimate of drug-likeness (QED) is 0.206. The maximum absolute atomic E-state index is 13.8. The van der Waals surface area contributed by atoms with E-state index in [1.807, 2.05) is 0 Å². The number of ether oxygens (including phenoxy) is 1. The van der Waals surface area contributed by atoms with E-state index in [-0.39, 0.29) is 21.2 Å². The van der Waals surface area contributed by atoms with Crippen LogP contribution in [0.4, 0.5) is 20.2 Å².